The van der Waals surface area contributed by atoms with Crippen LogP contribution in [0.1, 0.15) is 216 Å². The fourth-order valence-electron chi connectivity index (χ4n) is 7.11. The third-order valence-electron chi connectivity index (χ3n) is 11.7. The molecule has 0 radical (unpaired) electrons. The molecule has 0 heterocycles. The maximum absolute atomic E-state index is 12.3. The van der Waals surface area contributed by atoms with Gasteiger partial charge in [0.15, 0.2) is 0 Å². The van der Waals surface area contributed by atoms with Crippen molar-refractivity contribution >= 4 is 11.9 Å². The first-order valence-electron chi connectivity index (χ1n) is 23.5. The van der Waals surface area contributed by atoms with Gasteiger partial charge in [-0.15, -0.1) is 0 Å². The van der Waals surface area contributed by atoms with Gasteiger partial charge in [0.05, 0.1) is 19.3 Å². The van der Waals surface area contributed by atoms with Gasteiger partial charge in [-0.3, -0.25) is 9.59 Å². The number of hydrogen-bond acceptors (Lipinski definition) is 6. The molecule has 0 spiro atoms. The number of nitrogens with zero attached hydrogens (tertiary/aromatic N) is 1. The summed E-state index contributed by atoms with van der Waals surface area (Å²) in [7, 11) is 2.20. The van der Waals surface area contributed by atoms with Gasteiger partial charge < -0.3 is 19.1 Å². The topological polar surface area (TPSA) is 65.1 Å². The van der Waals surface area contributed by atoms with E-state index in [4.69, 9.17) is 14.2 Å². The van der Waals surface area contributed by atoms with Crippen molar-refractivity contribution in [1.29, 1.82) is 0 Å². The number of carbonyl (C=O) groups excluding carboxylic acids is 2. The highest BCUT2D eigenvalue weighted by Crippen LogP contribution is 2.23. The molecule has 0 aliphatic heterocycles. The molecule has 6 heteroatoms. The predicted molar refractivity (Wildman–Crippen MR) is 232 cm³/mol. The highest BCUT2D eigenvalue weighted by molar-refractivity contribution is 5.69. The van der Waals surface area contributed by atoms with Crippen molar-refractivity contribution in [2.45, 2.75) is 223 Å². The SMILES string of the molecule is CCN(C)CCCCOC(CCCCCCCCCC(=O)OCC(CCC(C)C)C(C)C)CCCCCCCCCC(=O)OCC(CCC(C)C)C(C)C. The average molecular weight is 766 g/mol. The Morgan fingerprint density at radius 1 is 0.481 bits per heavy atom. The smallest absolute Gasteiger partial charge is 0.305 e. The maximum atomic E-state index is 12.3. The highest BCUT2D eigenvalue weighted by atomic mass is 16.5. The van der Waals surface area contributed by atoms with Crippen molar-refractivity contribution in [2.75, 3.05) is 40.0 Å². The monoisotopic (exact) mass is 766 g/mol. The summed E-state index contributed by atoms with van der Waals surface area (Å²) in [6, 6.07) is 0. The third kappa shape index (κ3) is 34.1. The number of unbranched alkanes of at least 4 members (excludes halogenated alkanes) is 13. The van der Waals surface area contributed by atoms with Crippen LogP contribution in [0.15, 0.2) is 0 Å². The molecule has 322 valence electrons. The number of rotatable bonds is 39. The van der Waals surface area contributed by atoms with E-state index >= 15 is 0 Å². The molecule has 0 aromatic heterocycles. The lowest BCUT2D eigenvalue weighted by molar-refractivity contribution is -0.146. The van der Waals surface area contributed by atoms with Crippen LogP contribution in [0.5, 0.6) is 0 Å². The van der Waals surface area contributed by atoms with Gasteiger partial charge in [0.1, 0.15) is 0 Å². The van der Waals surface area contributed by atoms with Crippen molar-refractivity contribution < 1.29 is 23.8 Å². The van der Waals surface area contributed by atoms with E-state index in [9.17, 15) is 9.59 Å². The average Bonchev–Trinajstić information content (AvgIpc) is 3.11. The lowest BCUT2D eigenvalue weighted by Crippen LogP contribution is -2.20. The van der Waals surface area contributed by atoms with E-state index in [1.165, 1.54) is 96.3 Å². The maximum Gasteiger partial charge on any atom is 0.305 e. The minimum absolute atomic E-state index is 0.00875. The fraction of sp³-hybridized carbons (Fsp3) is 0.958. The van der Waals surface area contributed by atoms with E-state index < -0.39 is 0 Å². The number of hydrogen-bond donors (Lipinski definition) is 0. The number of esters is 2. The summed E-state index contributed by atoms with van der Waals surface area (Å²) in [6.45, 7) is 24.6. The first-order chi connectivity index (χ1) is 25.8. The summed E-state index contributed by atoms with van der Waals surface area (Å²) in [5.41, 5.74) is 0. The Kier molecular flexibility index (Phi) is 35.5. The molecular weight excluding hydrogens is 671 g/mol. The Morgan fingerprint density at radius 3 is 1.24 bits per heavy atom. The van der Waals surface area contributed by atoms with Crippen molar-refractivity contribution in [2.24, 2.45) is 35.5 Å². The normalized spacial score (nSPS) is 13.8. The summed E-state index contributed by atoms with van der Waals surface area (Å²) < 4.78 is 17.8. The van der Waals surface area contributed by atoms with Gasteiger partial charge >= 0.3 is 11.9 Å². The standard InChI is InChI=1S/C48H95NO5/c1-11-49(10)36-26-27-37-52-46(28-22-18-14-12-16-20-24-30-47(50)53-38-44(42(6)7)34-32-40(2)3)29-23-19-15-13-17-21-25-31-48(51)54-39-45(43(8)9)35-33-41(4)5/h40-46H,11-39H2,1-10H3. The zero-order valence-electron chi connectivity index (χ0n) is 38.0. The molecule has 0 fully saturated rings. The summed E-state index contributed by atoms with van der Waals surface area (Å²) >= 11 is 0. The molecule has 0 bridgehead atoms. The van der Waals surface area contributed by atoms with Crippen LogP contribution in [-0.2, 0) is 23.8 Å². The third-order valence-corrected chi connectivity index (χ3v) is 11.7. The van der Waals surface area contributed by atoms with Crippen LogP contribution >= 0.6 is 0 Å². The largest absolute Gasteiger partial charge is 0.465 e. The van der Waals surface area contributed by atoms with E-state index in [2.05, 4.69) is 74.3 Å². The van der Waals surface area contributed by atoms with Gasteiger partial charge in [-0.05, 0) is 107 Å². The number of carbonyl (C=O) groups is 2. The summed E-state index contributed by atoms with van der Waals surface area (Å²) in [5, 5.41) is 0. The second-order valence-electron chi connectivity index (χ2n) is 18.4. The van der Waals surface area contributed by atoms with E-state index in [1.807, 2.05) is 0 Å². The zero-order valence-corrected chi connectivity index (χ0v) is 38.0. The summed E-state index contributed by atoms with van der Waals surface area (Å²) in [6.07, 6.45) is 27.7. The van der Waals surface area contributed by atoms with Crippen LogP contribution in [0.3, 0.4) is 0 Å². The molecular formula is C48H95NO5. The zero-order chi connectivity index (χ0) is 40.4. The van der Waals surface area contributed by atoms with Gasteiger partial charge in [-0.25, -0.2) is 0 Å². The van der Waals surface area contributed by atoms with Crippen molar-refractivity contribution in [3.8, 4) is 0 Å². The number of ether oxygens (including phenoxy) is 3. The van der Waals surface area contributed by atoms with Crippen LogP contribution < -0.4 is 0 Å². The molecule has 0 rings (SSSR count). The molecule has 54 heavy (non-hydrogen) atoms. The highest BCUT2D eigenvalue weighted by Gasteiger charge is 2.18. The van der Waals surface area contributed by atoms with Crippen molar-refractivity contribution in [1.82, 2.24) is 4.90 Å². The molecule has 0 N–H and O–H groups in total. The lowest BCUT2D eigenvalue weighted by atomic mass is 9.89. The second-order valence-corrected chi connectivity index (χ2v) is 18.4. The molecule has 6 nitrogen and oxygen atoms in total. The van der Waals surface area contributed by atoms with Gasteiger partial charge in [-0.1, -0.05) is 152 Å². The van der Waals surface area contributed by atoms with Crippen molar-refractivity contribution in [3.05, 3.63) is 0 Å². The molecule has 0 aliphatic carbocycles. The van der Waals surface area contributed by atoms with Crippen LogP contribution in [0.4, 0.5) is 0 Å². The van der Waals surface area contributed by atoms with E-state index in [-0.39, 0.29) is 11.9 Å². The quantitative estimate of drug-likeness (QED) is 0.0459. The first-order valence-corrected chi connectivity index (χ1v) is 23.5. The van der Waals surface area contributed by atoms with Crippen molar-refractivity contribution in [3.63, 3.8) is 0 Å². The molecule has 0 aliphatic rings. The molecule has 2 unspecified atom stereocenters. The predicted octanol–water partition coefficient (Wildman–Crippen LogP) is 13.6. The first kappa shape index (κ1) is 52.9. The minimum Gasteiger partial charge on any atom is -0.465 e. The molecule has 0 aromatic rings. The van der Waals surface area contributed by atoms with E-state index in [0.29, 0.717) is 67.7 Å². The summed E-state index contributed by atoms with van der Waals surface area (Å²) in [4.78, 5) is 27.0. The molecule has 2 atom stereocenters. The Hall–Kier alpha value is -1.14. The lowest BCUT2D eigenvalue weighted by Gasteiger charge is -2.21. The Balaban J connectivity index is 4.17. The van der Waals surface area contributed by atoms with Crippen LogP contribution in [0.25, 0.3) is 0 Å². The minimum atomic E-state index is -0.00875. The Morgan fingerprint density at radius 2 is 0.870 bits per heavy atom. The second kappa shape index (κ2) is 36.2. The van der Waals surface area contributed by atoms with Crippen LogP contribution in [0, 0.1) is 35.5 Å². The van der Waals surface area contributed by atoms with Gasteiger partial charge in [-0.2, -0.15) is 0 Å². The van der Waals surface area contributed by atoms with Crippen LogP contribution in [-0.4, -0.2) is 62.9 Å². The fourth-order valence-corrected chi connectivity index (χ4v) is 7.11. The van der Waals surface area contributed by atoms with E-state index in [1.54, 1.807) is 0 Å². The molecule has 0 saturated carbocycles. The molecule has 0 aromatic carbocycles. The van der Waals surface area contributed by atoms with E-state index in [0.717, 1.165) is 64.6 Å². The molecule has 0 saturated heterocycles. The van der Waals surface area contributed by atoms with Gasteiger partial charge in [0.25, 0.3) is 0 Å². The Bertz CT molecular complexity index is 785. The van der Waals surface area contributed by atoms with Gasteiger partial charge in [0.2, 0.25) is 0 Å². The molecule has 0 amide bonds. The Labute approximate surface area is 337 Å². The van der Waals surface area contributed by atoms with Crippen LogP contribution in [0.2, 0.25) is 0 Å². The van der Waals surface area contributed by atoms with Gasteiger partial charge in [0, 0.05) is 19.4 Å². The summed E-state index contributed by atoms with van der Waals surface area (Å²) in [5.74, 6) is 3.45.